The van der Waals surface area contributed by atoms with Gasteiger partial charge in [-0.1, -0.05) is 27.0 Å². The molecule has 0 bridgehead atoms. The molecule has 0 aliphatic carbocycles. The minimum absolute atomic E-state index is 0.0473. The van der Waals surface area contributed by atoms with Gasteiger partial charge in [0.25, 0.3) is 0 Å². The highest BCUT2D eigenvalue weighted by atomic mass is 16.6. The second-order valence-corrected chi connectivity index (χ2v) is 3.53. The maximum absolute atomic E-state index is 10.6. The Bertz CT molecular complexity index is 311. The number of esters is 2. The molecule has 117 valence electrons. The van der Waals surface area contributed by atoms with Crippen LogP contribution >= 0.6 is 0 Å². The standard InChI is InChI=1S/C6H11NO2.C6H10O3.C2H5/c1-4(2)6(8)9-5(3)7;1-5(2)6(8)9-4-3-7;1-2/h5H,1,7H2,2-3H3;7H,1,3-4H2,2H3;1H2,2H3. The minimum atomic E-state index is -0.547. The van der Waals surface area contributed by atoms with E-state index in [-0.39, 0.29) is 13.2 Å². The fourth-order valence-electron chi connectivity index (χ4n) is 0.531. The van der Waals surface area contributed by atoms with Crippen molar-refractivity contribution in [2.75, 3.05) is 13.2 Å². The van der Waals surface area contributed by atoms with Gasteiger partial charge >= 0.3 is 11.9 Å². The lowest BCUT2D eigenvalue weighted by Crippen LogP contribution is -2.23. The zero-order valence-electron chi connectivity index (χ0n) is 12.8. The molecule has 0 saturated carbocycles. The Morgan fingerprint density at radius 3 is 1.75 bits per heavy atom. The van der Waals surface area contributed by atoms with Gasteiger partial charge in [0, 0.05) is 11.1 Å². The van der Waals surface area contributed by atoms with Gasteiger partial charge in [-0.05, 0) is 20.8 Å². The van der Waals surface area contributed by atoms with Crippen molar-refractivity contribution < 1.29 is 24.2 Å². The van der Waals surface area contributed by atoms with Crippen molar-refractivity contribution in [3.05, 3.63) is 31.2 Å². The van der Waals surface area contributed by atoms with Gasteiger partial charge in [-0.2, -0.15) is 0 Å². The van der Waals surface area contributed by atoms with Crippen molar-refractivity contribution >= 4 is 11.9 Å². The molecule has 0 aromatic carbocycles. The molecule has 0 aromatic heterocycles. The Kier molecular flexibility index (Phi) is 18.0. The van der Waals surface area contributed by atoms with Crippen LogP contribution in [0.5, 0.6) is 0 Å². The van der Waals surface area contributed by atoms with Crippen molar-refractivity contribution in [2.24, 2.45) is 5.73 Å². The van der Waals surface area contributed by atoms with Gasteiger partial charge in [0.15, 0.2) is 0 Å². The average Bonchev–Trinajstić information content (AvgIpc) is 2.38. The zero-order chi connectivity index (χ0) is 16.7. The van der Waals surface area contributed by atoms with Crippen LogP contribution in [0.1, 0.15) is 27.7 Å². The largest absolute Gasteiger partial charge is 0.460 e. The van der Waals surface area contributed by atoms with E-state index in [1.807, 2.05) is 0 Å². The molecule has 0 aliphatic heterocycles. The third-order valence-corrected chi connectivity index (χ3v) is 1.31. The topological polar surface area (TPSA) is 98.9 Å². The Morgan fingerprint density at radius 2 is 1.55 bits per heavy atom. The van der Waals surface area contributed by atoms with Crippen molar-refractivity contribution in [1.29, 1.82) is 0 Å². The summed E-state index contributed by atoms with van der Waals surface area (Å²) in [5, 5.41) is 8.19. The average molecular weight is 288 g/mol. The Morgan fingerprint density at radius 1 is 1.15 bits per heavy atom. The first-order valence-electron chi connectivity index (χ1n) is 5.98. The van der Waals surface area contributed by atoms with Gasteiger partial charge in [0.1, 0.15) is 12.8 Å². The summed E-state index contributed by atoms with van der Waals surface area (Å²) in [5.41, 5.74) is 5.87. The molecule has 0 heterocycles. The Balaban J connectivity index is -0.000000257. The smallest absolute Gasteiger partial charge is 0.334 e. The lowest BCUT2D eigenvalue weighted by Gasteiger charge is -2.05. The third-order valence-electron chi connectivity index (χ3n) is 1.31. The predicted molar refractivity (Wildman–Crippen MR) is 78.4 cm³/mol. The monoisotopic (exact) mass is 288 g/mol. The molecule has 1 atom stereocenters. The first kappa shape index (κ1) is 23.4. The van der Waals surface area contributed by atoms with E-state index in [4.69, 9.17) is 10.8 Å². The second-order valence-electron chi connectivity index (χ2n) is 3.53. The number of aliphatic hydroxyl groups excluding tert-OH is 1. The zero-order valence-corrected chi connectivity index (χ0v) is 12.8. The van der Waals surface area contributed by atoms with Gasteiger partial charge < -0.3 is 14.6 Å². The maximum Gasteiger partial charge on any atom is 0.334 e. The Labute approximate surface area is 121 Å². The first-order chi connectivity index (χ1) is 9.22. The van der Waals surface area contributed by atoms with E-state index in [1.54, 1.807) is 27.7 Å². The first-order valence-corrected chi connectivity index (χ1v) is 5.98. The number of aliphatic hydroxyl groups is 1. The van der Waals surface area contributed by atoms with Crippen LogP contribution in [0, 0.1) is 6.92 Å². The van der Waals surface area contributed by atoms with Gasteiger partial charge in [0.2, 0.25) is 0 Å². The van der Waals surface area contributed by atoms with Crippen LogP contribution in [0.15, 0.2) is 24.3 Å². The molecule has 0 saturated heterocycles. The van der Waals surface area contributed by atoms with E-state index >= 15 is 0 Å². The molecule has 0 rings (SSSR count). The van der Waals surface area contributed by atoms with Crippen LogP contribution in [0.2, 0.25) is 0 Å². The van der Waals surface area contributed by atoms with E-state index in [2.05, 4.69) is 29.6 Å². The van der Waals surface area contributed by atoms with Crippen LogP contribution in [0.4, 0.5) is 0 Å². The minimum Gasteiger partial charge on any atom is -0.460 e. The van der Waals surface area contributed by atoms with Crippen molar-refractivity contribution in [1.82, 2.24) is 0 Å². The molecule has 0 aromatic rings. The molecule has 3 N–H and O–H groups in total. The van der Waals surface area contributed by atoms with E-state index in [9.17, 15) is 9.59 Å². The van der Waals surface area contributed by atoms with Gasteiger partial charge in [-0.15, -0.1) is 0 Å². The second kappa shape index (κ2) is 15.4. The number of carbonyl (C=O) groups excluding carboxylic acids is 2. The van der Waals surface area contributed by atoms with Gasteiger partial charge in [-0.25, -0.2) is 9.59 Å². The lowest BCUT2D eigenvalue weighted by atomic mass is 10.4. The summed E-state index contributed by atoms with van der Waals surface area (Å²) < 4.78 is 9.02. The molecular formula is C14H26NO5. The molecule has 20 heavy (non-hydrogen) atoms. The molecule has 1 radical (unpaired) electrons. The van der Waals surface area contributed by atoms with Crippen LogP contribution in [0.3, 0.4) is 0 Å². The Hall–Kier alpha value is -1.66. The molecule has 0 amide bonds. The van der Waals surface area contributed by atoms with E-state index in [0.717, 1.165) is 0 Å². The number of hydrogen-bond acceptors (Lipinski definition) is 6. The maximum atomic E-state index is 10.6. The summed E-state index contributed by atoms with van der Waals surface area (Å²) >= 11 is 0. The highest BCUT2D eigenvalue weighted by Crippen LogP contribution is 1.92. The summed E-state index contributed by atoms with van der Waals surface area (Å²) in [4.78, 5) is 21.0. The van der Waals surface area contributed by atoms with E-state index in [0.29, 0.717) is 11.1 Å². The number of rotatable bonds is 5. The number of carbonyl (C=O) groups is 2. The van der Waals surface area contributed by atoms with Crippen molar-refractivity contribution in [2.45, 2.75) is 33.9 Å². The number of nitrogens with two attached hydrogens (primary N) is 1. The summed E-state index contributed by atoms with van der Waals surface area (Å²) in [6.07, 6.45) is -0.547. The third kappa shape index (κ3) is 18.7. The molecule has 0 spiro atoms. The highest BCUT2D eigenvalue weighted by Gasteiger charge is 2.04. The van der Waals surface area contributed by atoms with E-state index in [1.165, 1.54) is 0 Å². The normalized spacial score (nSPS) is 9.75. The molecule has 1 unspecified atom stereocenters. The summed E-state index contributed by atoms with van der Waals surface area (Å²) in [5.74, 6) is -0.894. The van der Waals surface area contributed by atoms with Crippen LogP contribution in [-0.2, 0) is 19.1 Å². The fraction of sp³-hybridized carbons (Fsp3) is 0.500. The molecule has 6 nitrogen and oxygen atoms in total. The van der Waals surface area contributed by atoms with Crippen molar-refractivity contribution in [3.8, 4) is 0 Å². The van der Waals surface area contributed by atoms with Crippen molar-refractivity contribution in [3.63, 3.8) is 0 Å². The fourth-order valence-corrected chi connectivity index (χ4v) is 0.531. The van der Waals surface area contributed by atoms with Crippen LogP contribution in [-0.4, -0.2) is 36.5 Å². The molecule has 0 fully saturated rings. The number of hydrogen-bond donors (Lipinski definition) is 2. The van der Waals surface area contributed by atoms with Crippen LogP contribution in [0.25, 0.3) is 0 Å². The summed E-state index contributed by atoms with van der Waals surface area (Å²) in [6.45, 7) is 16.4. The van der Waals surface area contributed by atoms with E-state index < -0.39 is 18.2 Å². The highest BCUT2D eigenvalue weighted by molar-refractivity contribution is 5.87. The number of ether oxygens (including phenoxy) is 2. The molecular weight excluding hydrogens is 262 g/mol. The molecule has 0 aliphatic rings. The predicted octanol–water partition coefficient (Wildman–Crippen LogP) is 1.35. The van der Waals surface area contributed by atoms with Crippen LogP contribution < -0.4 is 5.73 Å². The summed E-state index contributed by atoms with van der Waals surface area (Å²) in [7, 11) is 0. The van der Waals surface area contributed by atoms with Gasteiger partial charge in [0.05, 0.1) is 6.61 Å². The lowest BCUT2D eigenvalue weighted by molar-refractivity contribution is -0.143. The molecule has 6 heteroatoms. The SMILES string of the molecule is C=C(C)C(=O)OC(C)N.C=C(C)C(=O)OCCO.[CH2]C. The quantitative estimate of drug-likeness (QED) is 0.450. The summed E-state index contributed by atoms with van der Waals surface area (Å²) in [6, 6.07) is 0. The van der Waals surface area contributed by atoms with Gasteiger partial charge in [-0.3, -0.25) is 5.73 Å².